The predicted octanol–water partition coefficient (Wildman–Crippen LogP) is 4.16. The Balaban J connectivity index is 0.00000196. The maximum atomic E-state index is 11.0. The number of carbonyl (C=O) groups excluding carboxylic acids is 1. The topological polar surface area (TPSA) is 77.5 Å². The molecule has 158 valence electrons. The molecule has 0 spiro atoms. The van der Waals surface area contributed by atoms with Crippen molar-refractivity contribution in [1.82, 2.24) is 15.4 Å². The second-order valence-electron chi connectivity index (χ2n) is 7.30. The van der Waals surface area contributed by atoms with Crippen molar-refractivity contribution in [2.24, 2.45) is 5.92 Å². The molecule has 2 fully saturated rings. The Kier molecular flexibility index (Phi) is 11.2. The van der Waals surface area contributed by atoms with Crippen molar-refractivity contribution in [2.75, 3.05) is 25.0 Å². The van der Waals surface area contributed by atoms with Crippen molar-refractivity contribution in [2.45, 2.75) is 44.6 Å². The third kappa shape index (κ3) is 7.41. The van der Waals surface area contributed by atoms with Crippen LogP contribution in [0.15, 0.2) is 18.3 Å². The highest BCUT2D eigenvalue weighted by Crippen LogP contribution is 2.27. The number of anilines is 1. The summed E-state index contributed by atoms with van der Waals surface area (Å²) in [5, 5.41) is 12.5. The largest absolute Gasteiger partial charge is 0.365 e. The van der Waals surface area contributed by atoms with Gasteiger partial charge in [0.25, 0.3) is 5.91 Å². The highest BCUT2D eigenvalue weighted by molar-refractivity contribution is 6.33. The van der Waals surface area contributed by atoms with E-state index in [2.05, 4.69) is 15.2 Å². The van der Waals surface area contributed by atoms with Crippen LogP contribution in [0.1, 0.15) is 44.1 Å². The fourth-order valence-electron chi connectivity index (χ4n) is 3.90. The molecule has 2 heterocycles. The Morgan fingerprint density at radius 3 is 2.71 bits per heavy atom. The molecule has 28 heavy (non-hydrogen) atoms. The van der Waals surface area contributed by atoms with E-state index in [1.165, 1.54) is 44.7 Å². The van der Waals surface area contributed by atoms with Gasteiger partial charge in [-0.3, -0.25) is 10.0 Å². The van der Waals surface area contributed by atoms with Crippen molar-refractivity contribution in [1.29, 1.82) is 0 Å². The van der Waals surface area contributed by atoms with Crippen LogP contribution in [0, 0.1) is 5.92 Å². The zero-order valence-electron chi connectivity index (χ0n) is 15.8. The van der Waals surface area contributed by atoms with Gasteiger partial charge in [-0.05, 0) is 42.9 Å². The summed E-state index contributed by atoms with van der Waals surface area (Å²) in [5.41, 5.74) is 2.25. The lowest BCUT2D eigenvalue weighted by atomic mass is 9.89. The Labute approximate surface area is 183 Å². The van der Waals surface area contributed by atoms with Crippen molar-refractivity contribution in [3.8, 4) is 0 Å². The molecule has 1 aliphatic carbocycles. The van der Waals surface area contributed by atoms with E-state index in [9.17, 15) is 4.79 Å². The Morgan fingerprint density at radius 1 is 1.29 bits per heavy atom. The molecule has 1 saturated heterocycles. The van der Waals surface area contributed by atoms with Crippen LogP contribution in [0.25, 0.3) is 6.08 Å². The summed E-state index contributed by atoms with van der Waals surface area (Å²) in [6, 6.07) is 2.12. The van der Waals surface area contributed by atoms with Gasteiger partial charge in [0.2, 0.25) is 0 Å². The average Bonchev–Trinajstić information content (AvgIpc) is 3.09. The number of rotatable bonds is 6. The molecule has 3 rings (SSSR count). The van der Waals surface area contributed by atoms with Gasteiger partial charge in [-0.1, -0.05) is 30.9 Å². The number of pyridine rings is 1. The average molecular weight is 452 g/mol. The Hall–Kier alpha value is -1.05. The molecule has 0 radical (unpaired) electrons. The first-order chi connectivity index (χ1) is 12.6. The molecular formula is C19H29Cl3N4O2. The fraction of sp³-hybridized carbons (Fsp3) is 0.579. The number of halogens is 3. The summed E-state index contributed by atoms with van der Waals surface area (Å²) in [4.78, 5) is 18.0. The molecule has 0 unspecified atom stereocenters. The molecule has 1 aliphatic heterocycles. The van der Waals surface area contributed by atoms with Crippen molar-refractivity contribution in [3.63, 3.8) is 0 Å². The van der Waals surface area contributed by atoms with Crippen LogP contribution in [0.4, 0.5) is 5.82 Å². The lowest BCUT2D eigenvalue weighted by Crippen LogP contribution is -2.31. The van der Waals surface area contributed by atoms with Gasteiger partial charge < -0.3 is 10.2 Å². The first-order valence-electron chi connectivity index (χ1n) is 9.40. The zero-order valence-corrected chi connectivity index (χ0v) is 18.2. The predicted molar refractivity (Wildman–Crippen MR) is 118 cm³/mol. The van der Waals surface area contributed by atoms with E-state index in [1.54, 1.807) is 23.8 Å². The smallest absolute Gasteiger partial charge is 0.267 e. The van der Waals surface area contributed by atoms with Crippen LogP contribution in [-0.4, -0.2) is 46.7 Å². The van der Waals surface area contributed by atoms with Crippen LogP contribution in [0.2, 0.25) is 5.02 Å². The molecule has 0 bridgehead atoms. The normalized spacial score (nSPS) is 20.4. The van der Waals surface area contributed by atoms with Gasteiger partial charge in [-0.15, -0.1) is 24.8 Å². The van der Waals surface area contributed by atoms with Crippen LogP contribution in [0.3, 0.4) is 0 Å². The van der Waals surface area contributed by atoms with Crippen LogP contribution >= 0.6 is 36.4 Å². The summed E-state index contributed by atoms with van der Waals surface area (Å²) in [6.45, 7) is 3.38. The minimum atomic E-state index is -0.590. The summed E-state index contributed by atoms with van der Waals surface area (Å²) in [6.07, 6.45) is 12.5. The number of hydrogen-bond donors (Lipinski definition) is 3. The molecule has 1 aromatic rings. The fourth-order valence-corrected chi connectivity index (χ4v) is 4.13. The summed E-state index contributed by atoms with van der Waals surface area (Å²) >= 11 is 6.33. The summed E-state index contributed by atoms with van der Waals surface area (Å²) in [5.74, 6) is 0.957. The maximum Gasteiger partial charge on any atom is 0.267 e. The molecule has 2 aliphatic rings. The van der Waals surface area contributed by atoms with Crippen molar-refractivity contribution < 1.29 is 10.0 Å². The number of nitrogens with one attached hydrogen (secondary N) is 2. The van der Waals surface area contributed by atoms with Crippen molar-refractivity contribution >= 4 is 54.2 Å². The minimum Gasteiger partial charge on any atom is -0.365 e. The van der Waals surface area contributed by atoms with Gasteiger partial charge in [0.15, 0.2) is 0 Å². The molecule has 6 nitrogen and oxygen atoms in total. The van der Waals surface area contributed by atoms with E-state index in [0.29, 0.717) is 22.4 Å². The Morgan fingerprint density at radius 2 is 2.04 bits per heavy atom. The summed E-state index contributed by atoms with van der Waals surface area (Å²) < 4.78 is 0. The zero-order chi connectivity index (χ0) is 18.4. The first kappa shape index (κ1) is 25.0. The SMILES string of the molecule is Cl.Cl.O=C(C=Cc1cnc(N[C@@H]2CCN(CC3CCCCC3)C2)c(Cl)c1)NO. The molecule has 1 saturated carbocycles. The molecule has 9 heteroatoms. The number of likely N-dealkylation sites (tertiary alicyclic amines) is 1. The third-order valence-electron chi connectivity index (χ3n) is 5.25. The molecule has 3 N–H and O–H groups in total. The highest BCUT2D eigenvalue weighted by atomic mass is 35.5. The van der Waals surface area contributed by atoms with Gasteiger partial charge in [0.05, 0.1) is 5.02 Å². The standard InChI is InChI=1S/C19H27ClN4O2.2ClH/c20-17-10-15(6-7-18(25)23-26)11-21-19(17)22-16-8-9-24(13-16)12-14-4-2-1-3-5-14;;/h6-7,10-11,14,16,26H,1-5,8-9,12-13H2,(H,21,22)(H,23,25);2*1H/t16-;;/m1../s1. The third-order valence-corrected chi connectivity index (χ3v) is 5.54. The van der Waals surface area contributed by atoms with Gasteiger partial charge in [-0.2, -0.15) is 0 Å². The van der Waals surface area contributed by atoms with E-state index in [1.807, 2.05) is 0 Å². The number of aromatic nitrogens is 1. The molecular weight excluding hydrogens is 423 g/mol. The second-order valence-corrected chi connectivity index (χ2v) is 7.71. The number of nitrogens with zero attached hydrogens (tertiary/aromatic N) is 2. The van der Waals surface area contributed by atoms with Crippen LogP contribution in [-0.2, 0) is 4.79 Å². The van der Waals surface area contributed by atoms with E-state index < -0.39 is 5.91 Å². The Bertz CT molecular complexity index is 654. The van der Waals surface area contributed by atoms with E-state index in [4.69, 9.17) is 16.8 Å². The molecule has 1 amide bonds. The highest BCUT2D eigenvalue weighted by Gasteiger charge is 2.26. The van der Waals surface area contributed by atoms with E-state index in [-0.39, 0.29) is 24.8 Å². The summed E-state index contributed by atoms with van der Waals surface area (Å²) in [7, 11) is 0. The van der Waals surface area contributed by atoms with E-state index in [0.717, 1.165) is 25.4 Å². The second kappa shape index (κ2) is 12.5. The number of hydrogen-bond acceptors (Lipinski definition) is 5. The lowest BCUT2D eigenvalue weighted by Gasteiger charge is -2.26. The maximum absolute atomic E-state index is 11.0. The first-order valence-corrected chi connectivity index (χ1v) is 9.78. The number of carbonyl (C=O) groups is 1. The van der Waals surface area contributed by atoms with Gasteiger partial charge in [0, 0.05) is 37.9 Å². The van der Waals surface area contributed by atoms with E-state index >= 15 is 0 Å². The van der Waals surface area contributed by atoms with Crippen LogP contribution in [0.5, 0.6) is 0 Å². The lowest BCUT2D eigenvalue weighted by molar-refractivity contribution is -0.124. The van der Waals surface area contributed by atoms with Gasteiger partial charge in [0.1, 0.15) is 5.82 Å². The van der Waals surface area contributed by atoms with Gasteiger partial charge in [-0.25, -0.2) is 10.5 Å². The minimum absolute atomic E-state index is 0. The molecule has 1 aromatic heterocycles. The molecule has 1 atom stereocenters. The quantitative estimate of drug-likeness (QED) is 0.344. The number of hydroxylamine groups is 1. The van der Waals surface area contributed by atoms with Crippen molar-refractivity contribution in [3.05, 3.63) is 28.9 Å². The number of amides is 1. The monoisotopic (exact) mass is 450 g/mol. The van der Waals surface area contributed by atoms with Gasteiger partial charge >= 0.3 is 0 Å². The van der Waals surface area contributed by atoms with Crippen LogP contribution < -0.4 is 10.8 Å². The molecule has 0 aromatic carbocycles.